The van der Waals surface area contributed by atoms with E-state index >= 15 is 0 Å². The molecular weight excluding hydrogens is 362 g/mol. The first-order valence-corrected chi connectivity index (χ1v) is 10.2. The summed E-state index contributed by atoms with van der Waals surface area (Å²) in [5, 5.41) is 3.15. The maximum atomic E-state index is 12.4. The first-order valence-electron chi connectivity index (χ1n) is 7.89. The summed E-state index contributed by atoms with van der Waals surface area (Å²) in [6, 6.07) is 5.92. The van der Waals surface area contributed by atoms with Crippen LogP contribution in [0.2, 0.25) is 0 Å². The monoisotopic (exact) mass is 381 g/mol. The van der Waals surface area contributed by atoms with Gasteiger partial charge in [0.2, 0.25) is 10.0 Å². The van der Waals surface area contributed by atoms with E-state index in [2.05, 4.69) is 15.0 Å². The number of ether oxygens (including phenoxy) is 1. The molecule has 3 rings (SSSR count). The van der Waals surface area contributed by atoms with Crippen molar-refractivity contribution in [2.24, 2.45) is 0 Å². The summed E-state index contributed by atoms with van der Waals surface area (Å²) in [7, 11) is -3.70. The maximum absolute atomic E-state index is 12.4. The molecule has 1 aliphatic heterocycles. The number of hydrogen-bond donors (Lipinski definition) is 2. The molecule has 1 aromatic heterocycles. The minimum atomic E-state index is -3.70. The molecule has 0 bridgehead atoms. The van der Waals surface area contributed by atoms with Gasteiger partial charge in [0, 0.05) is 29.8 Å². The Hall–Kier alpha value is -1.81. The van der Waals surface area contributed by atoms with E-state index in [-0.39, 0.29) is 23.1 Å². The van der Waals surface area contributed by atoms with E-state index in [1.807, 2.05) is 6.92 Å². The molecule has 1 atom stereocenters. The van der Waals surface area contributed by atoms with Gasteiger partial charge in [-0.3, -0.25) is 10.1 Å². The molecule has 2 aromatic rings. The molecule has 1 aromatic carbocycles. The van der Waals surface area contributed by atoms with Crippen molar-refractivity contribution in [1.82, 2.24) is 9.71 Å². The lowest BCUT2D eigenvalue weighted by Crippen LogP contribution is -2.32. The summed E-state index contributed by atoms with van der Waals surface area (Å²) in [5.74, 6) is -0.398. The van der Waals surface area contributed by atoms with Crippen molar-refractivity contribution >= 4 is 32.4 Å². The first kappa shape index (κ1) is 18.0. The normalized spacial score (nSPS) is 17.6. The Kier molecular flexibility index (Phi) is 5.48. The van der Waals surface area contributed by atoms with Gasteiger partial charge in [0.05, 0.1) is 11.0 Å². The number of anilines is 1. The van der Waals surface area contributed by atoms with Crippen LogP contribution in [-0.2, 0) is 14.8 Å². The van der Waals surface area contributed by atoms with Crippen molar-refractivity contribution in [2.45, 2.75) is 30.8 Å². The molecular formula is C16H19N3O4S2. The average molecular weight is 381 g/mol. The van der Waals surface area contributed by atoms with Gasteiger partial charge >= 0.3 is 0 Å². The van der Waals surface area contributed by atoms with E-state index in [9.17, 15) is 13.2 Å². The number of carbonyl (C=O) groups is 1. The Morgan fingerprint density at radius 3 is 2.96 bits per heavy atom. The smallest absolute Gasteiger partial charge is 0.257 e. The van der Waals surface area contributed by atoms with Crippen molar-refractivity contribution in [2.75, 3.05) is 18.5 Å². The van der Waals surface area contributed by atoms with E-state index in [0.29, 0.717) is 11.7 Å². The first-order chi connectivity index (χ1) is 11.9. The number of thiazole rings is 1. The van der Waals surface area contributed by atoms with Gasteiger partial charge in [-0.05, 0) is 38.0 Å². The summed E-state index contributed by atoms with van der Waals surface area (Å²) in [4.78, 5) is 17.4. The number of benzene rings is 1. The second-order valence-electron chi connectivity index (χ2n) is 5.74. The minimum absolute atomic E-state index is 0.0495. The number of carbonyl (C=O) groups excluding carboxylic acids is 1. The summed E-state index contributed by atoms with van der Waals surface area (Å²) >= 11 is 1.36. The van der Waals surface area contributed by atoms with Crippen molar-refractivity contribution in [3.05, 3.63) is 40.9 Å². The molecule has 2 heterocycles. The number of sulfonamides is 1. The van der Waals surface area contributed by atoms with E-state index in [1.54, 1.807) is 18.3 Å². The highest BCUT2D eigenvalue weighted by atomic mass is 32.2. The SMILES string of the molecule is Cc1cnc(NC(=O)c2cccc(S(=O)(=O)NCC3CCCO3)c2)s1. The lowest BCUT2D eigenvalue weighted by atomic mass is 10.2. The van der Waals surface area contributed by atoms with Crippen LogP contribution in [0.4, 0.5) is 5.13 Å². The molecule has 1 aliphatic rings. The molecule has 7 nitrogen and oxygen atoms in total. The van der Waals surface area contributed by atoms with Crippen LogP contribution in [0.1, 0.15) is 28.1 Å². The number of aryl methyl sites for hydroxylation is 1. The van der Waals surface area contributed by atoms with Gasteiger partial charge in [-0.15, -0.1) is 11.3 Å². The van der Waals surface area contributed by atoms with E-state index < -0.39 is 15.9 Å². The molecule has 1 fully saturated rings. The summed E-state index contributed by atoms with van der Waals surface area (Å²) < 4.78 is 32.8. The van der Waals surface area contributed by atoms with Gasteiger partial charge in [0.25, 0.3) is 5.91 Å². The molecule has 134 valence electrons. The molecule has 0 aliphatic carbocycles. The summed E-state index contributed by atoms with van der Waals surface area (Å²) in [5.41, 5.74) is 0.257. The van der Waals surface area contributed by atoms with Crippen LogP contribution >= 0.6 is 11.3 Å². The molecule has 1 amide bonds. The van der Waals surface area contributed by atoms with E-state index in [1.165, 1.54) is 23.5 Å². The predicted octanol–water partition coefficient (Wildman–Crippen LogP) is 2.16. The summed E-state index contributed by atoms with van der Waals surface area (Å²) in [6.07, 6.45) is 3.36. The number of nitrogens with one attached hydrogen (secondary N) is 2. The fourth-order valence-electron chi connectivity index (χ4n) is 2.48. The Labute approximate surface area is 150 Å². The van der Waals surface area contributed by atoms with Crippen LogP contribution < -0.4 is 10.0 Å². The van der Waals surface area contributed by atoms with Gasteiger partial charge in [-0.1, -0.05) is 6.07 Å². The molecule has 9 heteroatoms. The lowest BCUT2D eigenvalue weighted by Gasteiger charge is -2.12. The van der Waals surface area contributed by atoms with Crippen molar-refractivity contribution in [3.63, 3.8) is 0 Å². The topological polar surface area (TPSA) is 97.4 Å². The van der Waals surface area contributed by atoms with Crippen molar-refractivity contribution in [3.8, 4) is 0 Å². The van der Waals surface area contributed by atoms with Crippen LogP contribution in [0.15, 0.2) is 35.4 Å². The van der Waals surface area contributed by atoms with Crippen LogP contribution in [-0.4, -0.2) is 38.6 Å². The fourth-order valence-corrected chi connectivity index (χ4v) is 4.25. The number of amides is 1. The molecule has 1 unspecified atom stereocenters. The lowest BCUT2D eigenvalue weighted by molar-refractivity contribution is 0.102. The molecule has 25 heavy (non-hydrogen) atoms. The van der Waals surface area contributed by atoms with Gasteiger partial charge in [0.1, 0.15) is 0 Å². The van der Waals surface area contributed by atoms with Crippen LogP contribution in [0, 0.1) is 6.92 Å². The van der Waals surface area contributed by atoms with Crippen molar-refractivity contribution in [1.29, 1.82) is 0 Å². The number of nitrogens with zero attached hydrogens (tertiary/aromatic N) is 1. The third-order valence-electron chi connectivity index (χ3n) is 3.77. The quantitative estimate of drug-likeness (QED) is 0.799. The van der Waals surface area contributed by atoms with Gasteiger partial charge in [0.15, 0.2) is 5.13 Å². The zero-order valence-electron chi connectivity index (χ0n) is 13.7. The number of rotatable bonds is 6. The molecule has 0 radical (unpaired) electrons. The fraction of sp³-hybridized carbons (Fsp3) is 0.375. The molecule has 2 N–H and O–H groups in total. The van der Waals surface area contributed by atoms with Crippen molar-refractivity contribution < 1.29 is 17.9 Å². The Bertz CT molecular complexity index is 858. The molecule has 0 saturated carbocycles. The van der Waals surface area contributed by atoms with Gasteiger partial charge < -0.3 is 4.74 Å². The molecule has 0 spiro atoms. The zero-order chi connectivity index (χ0) is 17.9. The summed E-state index contributed by atoms with van der Waals surface area (Å²) in [6.45, 7) is 2.79. The van der Waals surface area contributed by atoms with Gasteiger partial charge in [-0.25, -0.2) is 18.1 Å². The second kappa shape index (κ2) is 7.61. The minimum Gasteiger partial charge on any atom is -0.377 e. The zero-order valence-corrected chi connectivity index (χ0v) is 15.3. The van der Waals surface area contributed by atoms with E-state index in [4.69, 9.17) is 4.74 Å². The van der Waals surface area contributed by atoms with Crippen LogP contribution in [0.3, 0.4) is 0 Å². The van der Waals surface area contributed by atoms with E-state index in [0.717, 1.165) is 17.7 Å². The predicted molar refractivity (Wildman–Crippen MR) is 95.4 cm³/mol. The average Bonchev–Trinajstić information content (AvgIpc) is 3.25. The Morgan fingerprint density at radius 1 is 1.44 bits per heavy atom. The van der Waals surface area contributed by atoms with Gasteiger partial charge in [-0.2, -0.15) is 0 Å². The number of aromatic nitrogens is 1. The highest BCUT2D eigenvalue weighted by molar-refractivity contribution is 7.89. The Balaban J connectivity index is 1.70. The third kappa shape index (κ3) is 4.63. The van der Waals surface area contributed by atoms with Crippen LogP contribution in [0.5, 0.6) is 0 Å². The second-order valence-corrected chi connectivity index (χ2v) is 8.75. The molecule has 1 saturated heterocycles. The highest BCUT2D eigenvalue weighted by Crippen LogP contribution is 2.19. The highest BCUT2D eigenvalue weighted by Gasteiger charge is 2.21. The standard InChI is InChI=1S/C16H19N3O4S2/c1-11-9-17-16(24-11)19-15(20)12-4-2-6-14(8-12)25(21,22)18-10-13-5-3-7-23-13/h2,4,6,8-9,13,18H,3,5,7,10H2,1H3,(H,17,19,20). The number of hydrogen-bond acceptors (Lipinski definition) is 6. The Morgan fingerprint density at radius 2 is 2.28 bits per heavy atom. The maximum Gasteiger partial charge on any atom is 0.257 e. The van der Waals surface area contributed by atoms with Crippen LogP contribution in [0.25, 0.3) is 0 Å². The largest absolute Gasteiger partial charge is 0.377 e. The third-order valence-corrected chi connectivity index (χ3v) is 6.02.